The second kappa shape index (κ2) is 10.2. The first-order chi connectivity index (χ1) is 15.9. The molecule has 0 aliphatic carbocycles. The van der Waals surface area contributed by atoms with E-state index in [0.29, 0.717) is 12.3 Å². The first kappa shape index (κ1) is 23.0. The van der Waals surface area contributed by atoms with Gasteiger partial charge in [0.05, 0.1) is 27.5 Å². The summed E-state index contributed by atoms with van der Waals surface area (Å²) in [6, 6.07) is 16.6. The molecule has 0 fully saturated rings. The Labute approximate surface area is 199 Å². The molecule has 0 bridgehead atoms. The average molecular weight is 501 g/mol. The zero-order valence-electron chi connectivity index (χ0n) is 17.5. The standard InChI is InChI=1S/C22H20N4O4S3/c1-2-30-16-8-11-18-19(13-16)32-22(25-18)31-14-21(27)24-15-6-9-17(10-7-15)33(28,29)26-20-5-3-4-12-23-20/h3-13H,2,14H2,1H3,(H,23,26)(H,24,27). The molecule has 0 radical (unpaired) electrons. The lowest BCUT2D eigenvalue weighted by atomic mass is 10.3. The molecule has 170 valence electrons. The molecule has 2 aromatic carbocycles. The fourth-order valence-electron chi connectivity index (χ4n) is 2.86. The molecule has 0 aliphatic rings. The topological polar surface area (TPSA) is 110 Å². The summed E-state index contributed by atoms with van der Waals surface area (Å²) >= 11 is 2.85. The number of carbonyl (C=O) groups excluding carboxylic acids is 1. The minimum atomic E-state index is -3.77. The highest BCUT2D eigenvalue weighted by Crippen LogP contribution is 2.32. The predicted molar refractivity (Wildman–Crippen MR) is 132 cm³/mol. The van der Waals surface area contributed by atoms with Crippen molar-refractivity contribution in [1.29, 1.82) is 0 Å². The smallest absolute Gasteiger partial charge is 0.263 e. The third-order valence-electron chi connectivity index (χ3n) is 4.33. The van der Waals surface area contributed by atoms with Crippen LogP contribution in [0.25, 0.3) is 10.2 Å². The van der Waals surface area contributed by atoms with Crippen molar-refractivity contribution in [3.8, 4) is 5.75 Å². The van der Waals surface area contributed by atoms with Crippen molar-refractivity contribution in [2.75, 3.05) is 22.4 Å². The fourth-order valence-corrected chi connectivity index (χ4v) is 5.77. The first-order valence-electron chi connectivity index (χ1n) is 9.93. The van der Waals surface area contributed by atoms with E-state index in [1.54, 1.807) is 30.3 Å². The summed E-state index contributed by atoms with van der Waals surface area (Å²) < 4.78 is 34.7. The van der Waals surface area contributed by atoms with Crippen LogP contribution in [0.4, 0.5) is 11.5 Å². The molecule has 2 N–H and O–H groups in total. The van der Waals surface area contributed by atoms with Gasteiger partial charge in [-0.2, -0.15) is 0 Å². The van der Waals surface area contributed by atoms with Crippen molar-refractivity contribution in [2.24, 2.45) is 0 Å². The van der Waals surface area contributed by atoms with Crippen molar-refractivity contribution in [3.05, 3.63) is 66.9 Å². The molecule has 33 heavy (non-hydrogen) atoms. The molecule has 0 atom stereocenters. The average Bonchev–Trinajstić information content (AvgIpc) is 3.21. The lowest BCUT2D eigenvalue weighted by Gasteiger charge is -2.08. The molecule has 11 heteroatoms. The highest BCUT2D eigenvalue weighted by molar-refractivity contribution is 8.01. The van der Waals surface area contributed by atoms with Gasteiger partial charge in [0.1, 0.15) is 11.6 Å². The number of amides is 1. The van der Waals surface area contributed by atoms with Crippen LogP contribution in [-0.4, -0.2) is 36.7 Å². The van der Waals surface area contributed by atoms with Gasteiger partial charge < -0.3 is 10.1 Å². The zero-order chi connectivity index (χ0) is 23.3. The minimum absolute atomic E-state index is 0.0708. The molecule has 0 unspecified atom stereocenters. The molecule has 1 amide bonds. The predicted octanol–water partition coefficient (Wildman–Crippen LogP) is 4.62. The summed E-state index contributed by atoms with van der Waals surface area (Å²) in [5.74, 6) is 0.996. The third-order valence-corrected chi connectivity index (χ3v) is 7.86. The molecule has 0 saturated heterocycles. The maximum atomic E-state index is 12.5. The van der Waals surface area contributed by atoms with Crippen molar-refractivity contribution >= 4 is 60.8 Å². The molecule has 2 aromatic heterocycles. The number of ether oxygens (including phenoxy) is 1. The van der Waals surface area contributed by atoms with Crippen LogP contribution in [0.15, 0.2) is 76.1 Å². The van der Waals surface area contributed by atoms with Gasteiger partial charge >= 0.3 is 0 Å². The molecule has 0 spiro atoms. The van der Waals surface area contributed by atoms with E-state index in [2.05, 4.69) is 20.0 Å². The number of hydrogen-bond donors (Lipinski definition) is 2. The van der Waals surface area contributed by atoms with Gasteiger partial charge in [0.2, 0.25) is 5.91 Å². The second-order valence-electron chi connectivity index (χ2n) is 6.72. The maximum absolute atomic E-state index is 12.5. The van der Waals surface area contributed by atoms with Crippen LogP contribution in [-0.2, 0) is 14.8 Å². The van der Waals surface area contributed by atoms with Crippen LogP contribution in [0, 0.1) is 0 Å². The van der Waals surface area contributed by atoms with Gasteiger partial charge in [-0.15, -0.1) is 11.3 Å². The number of thiazole rings is 1. The highest BCUT2D eigenvalue weighted by Gasteiger charge is 2.15. The Morgan fingerprint density at radius 3 is 2.67 bits per heavy atom. The molecule has 4 aromatic rings. The number of aromatic nitrogens is 2. The SMILES string of the molecule is CCOc1ccc2nc(SCC(=O)Nc3ccc(S(=O)(=O)Nc4ccccn4)cc3)sc2c1. The Kier molecular flexibility index (Phi) is 7.11. The Morgan fingerprint density at radius 1 is 1.12 bits per heavy atom. The van der Waals surface area contributed by atoms with E-state index in [0.717, 1.165) is 20.3 Å². The monoisotopic (exact) mass is 500 g/mol. The van der Waals surface area contributed by atoms with E-state index in [1.807, 2.05) is 25.1 Å². The summed E-state index contributed by atoms with van der Waals surface area (Å²) in [6.07, 6.45) is 1.50. The van der Waals surface area contributed by atoms with E-state index in [4.69, 9.17) is 4.74 Å². The Balaban J connectivity index is 1.33. The van der Waals surface area contributed by atoms with Crippen molar-refractivity contribution < 1.29 is 17.9 Å². The first-order valence-corrected chi connectivity index (χ1v) is 13.2. The summed E-state index contributed by atoms with van der Waals surface area (Å²) in [4.78, 5) is 20.9. The van der Waals surface area contributed by atoms with Crippen LogP contribution in [0.3, 0.4) is 0 Å². The van der Waals surface area contributed by atoms with Gasteiger partial charge in [0.25, 0.3) is 10.0 Å². The summed E-state index contributed by atoms with van der Waals surface area (Å²) in [5.41, 5.74) is 1.37. The Bertz CT molecular complexity index is 1360. The van der Waals surface area contributed by atoms with Crippen molar-refractivity contribution in [3.63, 3.8) is 0 Å². The molecule has 0 saturated carbocycles. The van der Waals surface area contributed by atoms with Crippen LogP contribution in [0.5, 0.6) is 5.75 Å². The van der Waals surface area contributed by atoms with Gasteiger partial charge in [-0.1, -0.05) is 17.8 Å². The van der Waals surface area contributed by atoms with Crippen molar-refractivity contribution in [2.45, 2.75) is 16.2 Å². The normalized spacial score (nSPS) is 11.3. The number of fused-ring (bicyclic) bond motifs is 1. The van der Waals surface area contributed by atoms with Gasteiger partial charge in [0, 0.05) is 11.9 Å². The largest absolute Gasteiger partial charge is 0.494 e. The maximum Gasteiger partial charge on any atom is 0.263 e. The number of benzene rings is 2. The molecule has 4 rings (SSSR count). The number of hydrogen-bond acceptors (Lipinski definition) is 8. The lowest BCUT2D eigenvalue weighted by Crippen LogP contribution is -2.15. The lowest BCUT2D eigenvalue weighted by molar-refractivity contribution is -0.113. The molecular formula is C22H20N4O4S3. The van der Waals surface area contributed by atoms with E-state index < -0.39 is 10.0 Å². The number of rotatable bonds is 9. The van der Waals surface area contributed by atoms with Crippen LogP contribution in [0.1, 0.15) is 6.92 Å². The zero-order valence-corrected chi connectivity index (χ0v) is 20.0. The summed E-state index contributed by atoms with van der Waals surface area (Å²) in [5, 5.41) is 2.77. The number of nitrogens with zero attached hydrogens (tertiary/aromatic N) is 2. The molecule has 2 heterocycles. The number of carbonyl (C=O) groups is 1. The van der Waals surface area contributed by atoms with Gasteiger partial charge in [-0.25, -0.2) is 18.4 Å². The number of sulfonamides is 1. The van der Waals surface area contributed by atoms with Crippen LogP contribution < -0.4 is 14.8 Å². The molecular weight excluding hydrogens is 480 g/mol. The minimum Gasteiger partial charge on any atom is -0.494 e. The van der Waals surface area contributed by atoms with Crippen molar-refractivity contribution in [1.82, 2.24) is 9.97 Å². The third kappa shape index (κ3) is 6.01. The van der Waals surface area contributed by atoms with Gasteiger partial charge in [-0.05, 0) is 61.5 Å². The van der Waals surface area contributed by atoms with E-state index in [1.165, 1.54) is 41.4 Å². The summed E-state index contributed by atoms with van der Waals surface area (Å²) in [7, 11) is -3.77. The second-order valence-corrected chi connectivity index (χ2v) is 10.7. The Hall–Kier alpha value is -3.15. The van der Waals surface area contributed by atoms with E-state index in [9.17, 15) is 13.2 Å². The molecule has 8 nitrogen and oxygen atoms in total. The van der Waals surface area contributed by atoms with Gasteiger partial charge in [-0.3, -0.25) is 9.52 Å². The number of pyridine rings is 1. The number of thioether (sulfide) groups is 1. The summed E-state index contributed by atoms with van der Waals surface area (Å²) in [6.45, 7) is 2.53. The van der Waals surface area contributed by atoms with Crippen LogP contribution >= 0.6 is 23.1 Å². The number of nitrogens with one attached hydrogen (secondary N) is 2. The fraction of sp³-hybridized carbons (Fsp3) is 0.136. The highest BCUT2D eigenvalue weighted by atomic mass is 32.2. The Morgan fingerprint density at radius 2 is 1.94 bits per heavy atom. The molecule has 0 aliphatic heterocycles. The van der Waals surface area contributed by atoms with E-state index in [-0.39, 0.29) is 22.4 Å². The van der Waals surface area contributed by atoms with Gasteiger partial charge in [0.15, 0.2) is 4.34 Å². The van der Waals surface area contributed by atoms with Crippen LogP contribution in [0.2, 0.25) is 0 Å². The number of anilines is 2. The van der Waals surface area contributed by atoms with E-state index >= 15 is 0 Å². The quantitative estimate of drug-likeness (QED) is 0.323.